The minimum atomic E-state index is -0.715. The van der Waals surface area contributed by atoms with Crippen LogP contribution in [0.4, 0.5) is 0 Å². The van der Waals surface area contributed by atoms with Gasteiger partial charge in [-0.1, -0.05) is 0 Å². The van der Waals surface area contributed by atoms with Crippen molar-refractivity contribution in [2.45, 2.75) is 44.3 Å². The summed E-state index contributed by atoms with van der Waals surface area (Å²) in [5.41, 5.74) is 0.824. The van der Waals surface area contributed by atoms with E-state index in [1.165, 1.54) is 6.07 Å². The predicted molar refractivity (Wildman–Crippen MR) is 72.6 cm³/mol. The highest BCUT2D eigenvalue weighted by molar-refractivity contribution is 5.71. The standard InChI is InChI=1S/C15H19NO4/c1-8(9-4-11(17)7-12(18)5-9)16-10-2-3-14(16)13(6-10)15(19)20/h4-5,7-8,10,13-14,17-18H,2-3,6H2,1H3,(H,19,20). The van der Waals surface area contributed by atoms with Crippen LogP contribution in [-0.4, -0.2) is 38.3 Å². The van der Waals surface area contributed by atoms with E-state index in [1.54, 1.807) is 12.1 Å². The minimum absolute atomic E-state index is 0.00477. The molecule has 1 aromatic carbocycles. The lowest BCUT2D eigenvalue weighted by Gasteiger charge is -2.30. The Morgan fingerprint density at radius 2 is 1.90 bits per heavy atom. The lowest BCUT2D eigenvalue weighted by molar-refractivity contribution is -0.142. The molecule has 4 atom stereocenters. The third-order valence-corrected chi connectivity index (χ3v) is 4.76. The maximum Gasteiger partial charge on any atom is 0.308 e. The summed E-state index contributed by atoms with van der Waals surface area (Å²) in [5.74, 6) is -0.934. The number of phenolic OH excluding ortho intramolecular Hbond substituents is 2. The fraction of sp³-hybridized carbons (Fsp3) is 0.533. The Morgan fingerprint density at radius 1 is 1.25 bits per heavy atom. The Kier molecular flexibility index (Phi) is 3.09. The van der Waals surface area contributed by atoms with Gasteiger partial charge in [-0.15, -0.1) is 0 Å². The van der Waals surface area contributed by atoms with Crippen molar-refractivity contribution in [2.24, 2.45) is 5.92 Å². The fourth-order valence-corrected chi connectivity index (χ4v) is 3.93. The summed E-state index contributed by atoms with van der Waals surface area (Å²) in [6.45, 7) is 2.00. The van der Waals surface area contributed by atoms with Crippen LogP contribution in [0.15, 0.2) is 18.2 Å². The molecule has 3 rings (SSSR count). The van der Waals surface area contributed by atoms with Crippen molar-refractivity contribution >= 4 is 5.97 Å². The quantitative estimate of drug-likeness (QED) is 0.788. The Hall–Kier alpha value is -1.75. The molecular formula is C15H19NO4. The summed E-state index contributed by atoms with van der Waals surface area (Å²) in [5, 5.41) is 28.5. The van der Waals surface area contributed by atoms with Crippen molar-refractivity contribution in [1.82, 2.24) is 4.90 Å². The van der Waals surface area contributed by atoms with Gasteiger partial charge in [-0.3, -0.25) is 9.69 Å². The average molecular weight is 277 g/mol. The van der Waals surface area contributed by atoms with Gasteiger partial charge in [0.1, 0.15) is 11.5 Å². The molecule has 2 saturated heterocycles. The predicted octanol–water partition coefficient (Wildman–Crippen LogP) is 2.10. The van der Waals surface area contributed by atoms with Crippen molar-refractivity contribution in [1.29, 1.82) is 0 Å². The minimum Gasteiger partial charge on any atom is -0.508 e. The van der Waals surface area contributed by atoms with Gasteiger partial charge in [-0.25, -0.2) is 0 Å². The summed E-state index contributed by atoms with van der Waals surface area (Å²) in [4.78, 5) is 13.5. The van der Waals surface area contributed by atoms with Gasteiger partial charge in [0.15, 0.2) is 0 Å². The maximum atomic E-state index is 11.3. The smallest absolute Gasteiger partial charge is 0.308 e. The number of carboxylic acids is 1. The van der Waals surface area contributed by atoms with E-state index in [1.807, 2.05) is 6.92 Å². The Labute approximate surface area is 117 Å². The van der Waals surface area contributed by atoms with E-state index < -0.39 is 5.97 Å². The van der Waals surface area contributed by atoms with Crippen LogP contribution >= 0.6 is 0 Å². The lowest BCUT2D eigenvalue weighted by Crippen LogP contribution is -2.34. The first-order chi connectivity index (χ1) is 9.47. The van der Waals surface area contributed by atoms with Crippen LogP contribution in [0.1, 0.15) is 37.8 Å². The van der Waals surface area contributed by atoms with Crippen LogP contribution in [0.3, 0.4) is 0 Å². The first-order valence-electron chi connectivity index (χ1n) is 7.00. The van der Waals surface area contributed by atoms with Crippen LogP contribution in [0.25, 0.3) is 0 Å². The van der Waals surface area contributed by atoms with Gasteiger partial charge in [0.25, 0.3) is 0 Å². The molecule has 5 heteroatoms. The number of nitrogens with zero attached hydrogens (tertiary/aromatic N) is 1. The second-order valence-corrected chi connectivity index (χ2v) is 5.88. The van der Waals surface area contributed by atoms with Gasteiger partial charge in [-0.05, 0) is 43.9 Å². The van der Waals surface area contributed by atoms with E-state index in [4.69, 9.17) is 0 Å². The topological polar surface area (TPSA) is 81.0 Å². The summed E-state index contributed by atoms with van der Waals surface area (Å²) in [6, 6.07) is 4.93. The molecule has 0 spiro atoms. The van der Waals surface area contributed by atoms with Crippen LogP contribution < -0.4 is 0 Å². The zero-order valence-electron chi connectivity index (χ0n) is 11.4. The second kappa shape index (κ2) is 4.66. The molecule has 2 fully saturated rings. The van der Waals surface area contributed by atoms with Crippen molar-refractivity contribution < 1.29 is 20.1 Å². The fourth-order valence-electron chi connectivity index (χ4n) is 3.93. The van der Waals surface area contributed by atoms with E-state index in [-0.39, 0.29) is 29.5 Å². The van der Waals surface area contributed by atoms with Crippen LogP contribution in [-0.2, 0) is 4.79 Å². The summed E-state index contributed by atoms with van der Waals surface area (Å²) >= 11 is 0. The Morgan fingerprint density at radius 3 is 2.45 bits per heavy atom. The molecule has 2 aliphatic rings. The molecule has 1 aromatic rings. The number of carboxylic acid groups (broad SMARTS) is 1. The molecule has 0 saturated carbocycles. The number of aromatic hydroxyl groups is 2. The zero-order valence-corrected chi connectivity index (χ0v) is 11.4. The normalized spacial score (nSPS) is 30.6. The molecule has 0 aromatic heterocycles. The van der Waals surface area contributed by atoms with Gasteiger partial charge in [0.05, 0.1) is 5.92 Å². The largest absolute Gasteiger partial charge is 0.508 e. The van der Waals surface area contributed by atoms with E-state index >= 15 is 0 Å². The molecule has 0 radical (unpaired) electrons. The number of hydrogen-bond acceptors (Lipinski definition) is 4. The first-order valence-corrected chi connectivity index (χ1v) is 7.00. The van der Waals surface area contributed by atoms with E-state index in [2.05, 4.69) is 4.90 Å². The number of rotatable bonds is 3. The lowest BCUT2D eigenvalue weighted by atomic mass is 9.89. The summed E-state index contributed by atoms with van der Waals surface area (Å²) < 4.78 is 0. The highest BCUT2D eigenvalue weighted by atomic mass is 16.4. The average Bonchev–Trinajstić information content (AvgIpc) is 2.94. The number of aliphatic carboxylic acids is 1. The Balaban J connectivity index is 1.88. The van der Waals surface area contributed by atoms with Gasteiger partial charge in [0, 0.05) is 24.2 Å². The highest BCUT2D eigenvalue weighted by Gasteiger charge is 2.50. The maximum absolute atomic E-state index is 11.3. The van der Waals surface area contributed by atoms with E-state index in [9.17, 15) is 20.1 Å². The van der Waals surface area contributed by atoms with Crippen molar-refractivity contribution in [3.63, 3.8) is 0 Å². The Bertz CT molecular complexity index is 524. The third-order valence-electron chi connectivity index (χ3n) is 4.76. The van der Waals surface area contributed by atoms with Gasteiger partial charge < -0.3 is 15.3 Å². The molecule has 4 unspecified atom stereocenters. The van der Waals surface area contributed by atoms with Crippen molar-refractivity contribution in [2.75, 3.05) is 0 Å². The van der Waals surface area contributed by atoms with Crippen LogP contribution in [0.5, 0.6) is 11.5 Å². The van der Waals surface area contributed by atoms with E-state index in [0.717, 1.165) is 18.4 Å². The van der Waals surface area contributed by atoms with E-state index in [0.29, 0.717) is 12.5 Å². The number of phenols is 2. The molecule has 2 heterocycles. The summed E-state index contributed by atoms with van der Waals surface area (Å²) in [6.07, 6.45) is 2.65. The van der Waals surface area contributed by atoms with Crippen LogP contribution in [0, 0.1) is 5.92 Å². The van der Waals surface area contributed by atoms with Crippen molar-refractivity contribution in [3.05, 3.63) is 23.8 Å². The number of benzene rings is 1. The summed E-state index contributed by atoms with van der Waals surface area (Å²) in [7, 11) is 0. The second-order valence-electron chi connectivity index (χ2n) is 5.88. The number of fused-ring (bicyclic) bond motifs is 2. The van der Waals surface area contributed by atoms with Gasteiger partial charge in [-0.2, -0.15) is 0 Å². The molecule has 0 aliphatic carbocycles. The molecule has 2 bridgehead atoms. The molecule has 3 N–H and O–H groups in total. The van der Waals surface area contributed by atoms with Gasteiger partial charge >= 0.3 is 5.97 Å². The monoisotopic (exact) mass is 277 g/mol. The number of hydrogen-bond donors (Lipinski definition) is 3. The zero-order chi connectivity index (χ0) is 14.4. The highest BCUT2D eigenvalue weighted by Crippen LogP contribution is 2.46. The number of carbonyl (C=O) groups is 1. The molecule has 108 valence electrons. The van der Waals surface area contributed by atoms with Gasteiger partial charge in [0.2, 0.25) is 0 Å². The molecule has 0 amide bonds. The first kappa shape index (κ1) is 13.2. The molecular weight excluding hydrogens is 258 g/mol. The molecule has 2 aliphatic heterocycles. The SMILES string of the molecule is CC(c1cc(O)cc(O)c1)N1C2CCC1C(C(=O)O)C2. The van der Waals surface area contributed by atoms with Crippen LogP contribution in [0.2, 0.25) is 0 Å². The van der Waals surface area contributed by atoms with Crippen molar-refractivity contribution in [3.8, 4) is 11.5 Å². The third kappa shape index (κ3) is 2.02. The molecule has 20 heavy (non-hydrogen) atoms. The molecule has 5 nitrogen and oxygen atoms in total.